The van der Waals surface area contributed by atoms with Gasteiger partial charge in [0.1, 0.15) is 0 Å². The van der Waals surface area contributed by atoms with Gasteiger partial charge in [-0.1, -0.05) is 30.3 Å². The Labute approximate surface area is 222 Å². The second kappa shape index (κ2) is 11.6. The average molecular weight is 544 g/mol. The number of carboxylic acid groups (broad SMARTS) is 1. The first-order chi connectivity index (χ1) is 18.5. The first kappa shape index (κ1) is 27.7. The molecule has 1 aromatic heterocycles. The predicted octanol–water partition coefficient (Wildman–Crippen LogP) is 5.94. The van der Waals surface area contributed by atoms with Crippen LogP contribution in [0.3, 0.4) is 0 Å². The van der Waals surface area contributed by atoms with Gasteiger partial charge in [0.2, 0.25) is 5.88 Å². The van der Waals surface area contributed by atoms with Gasteiger partial charge in [-0.2, -0.15) is 13.2 Å². The number of aryl methyl sites for hydroxylation is 1. The molecule has 3 aromatic rings. The zero-order valence-corrected chi connectivity index (χ0v) is 21.1. The van der Waals surface area contributed by atoms with Gasteiger partial charge in [-0.3, -0.25) is 9.59 Å². The van der Waals surface area contributed by atoms with E-state index in [4.69, 9.17) is 9.84 Å². The van der Waals surface area contributed by atoms with Crippen LogP contribution in [-0.2, 0) is 18.0 Å². The van der Waals surface area contributed by atoms with Crippen molar-refractivity contribution in [1.29, 1.82) is 0 Å². The monoisotopic (exact) mass is 543 g/mol. The van der Waals surface area contributed by atoms with Gasteiger partial charge in [-0.25, -0.2) is 4.79 Å². The van der Waals surface area contributed by atoms with Gasteiger partial charge in [0.25, 0.3) is 5.91 Å². The van der Waals surface area contributed by atoms with Crippen molar-refractivity contribution in [3.8, 4) is 17.0 Å². The third-order valence-electron chi connectivity index (χ3n) is 6.84. The van der Waals surface area contributed by atoms with Crippen molar-refractivity contribution >= 4 is 23.7 Å². The van der Waals surface area contributed by atoms with Crippen LogP contribution in [0, 0.1) is 11.8 Å². The molecule has 11 heteroatoms. The highest BCUT2D eigenvalue weighted by Gasteiger charge is 2.30. The highest BCUT2D eigenvalue weighted by molar-refractivity contribution is 6.08. The van der Waals surface area contributed by atoms with Crippen LogP contribution < -0.4 is 15.4 Å². The molecule has 1 aliphatic carbocycles. The van der Waals surface area contributed by atoms with E-state index >= 15 is 0 Å². The van der Waals surface area contributed by atoms with Gasteiger partial charge in [0, 0.05) is 31.4 Å². The molecule has 39 heavy (non-hydrogen) atoms. The number of carbonyl (C=O) groups is 3. The van der Waals surface area contributed by atoms with Crippen molar-refractivity contribution in [2.45, 2.75) is 31.9 Å². The smallest absolute Gasteiger partial charge is 0.416 e. The first-order valence-electron chi connectivity index (χ1n) is 12.4. The van der Waals surface area contributed by atoms with E-state index in [-0.39, 0.29) is 23.3 Å². The van der Waals surface area contributed by atoms with E-state index < -0.39 is 29.7 Å². The van der Waals surface area contributed by atoms with Crippen LogP contribution in [0.15, 0.2) is 60.8 Å². The fourth-order valence-corrected chi connectivity index (χ4v) is 4.66. The van der Waals surface area contributed by atoms with E-state index in [0.717, 1.165) is 12.1 Å². The van der Waals surface area contributed by atoms with Gasteiger partial charge in [0.05, 0.1) is 17.2 Å². The molecule has 0 bridgehead atoms. The van der Waals surface area contributed by atoms with Gasteiger partial charge in [-0.05, 0) is 60.9 Å². The molecule has 0 radical (unpaired) electrons. The summed E-state index contributed by atoms with van der Waals surface area (Å²) < 4.78 is 45.7. The molecule has 1 fully saturated rings. The zero-order chi connectivity index (χ0) is 28.2. The highest BCUT2D eigenvalue weighted by Crippen LogP contribution is 2.32. The summed E-state index contributed by atoms with van der Waals surface area (Å²) in [5.74, 6) is -1.22. The molecule has 2 aromatic carbocycles. The number of carboxylic acids is 1. The van der Waals surface area contributed by atoms with Crippen molar-refractivity contribution in [2.75, 3.05) is 11.9 Å². The minimum absolute atomic E-state index is 0.182. The molecule has 0 spiro atoms. The summed E-state index contributed by atoms with van der Waals surface area (Å²) in [5.41, 5.74) is 0.768. The molecule has 206 valence electrons. The van der Waals surface area contributed by atoms with E-state index in [0.29, 0.717) is 49.0 Å². The molecule has 4 rings (SSSR count). The van der Waals surface area contributed by atoms with E-state index in [1.165, 1.54) is 22.8 Å². The molecule has 0 saturated heterocycles. The summed E-state index contributed by atoms with van der Waals surface area (Å²) in [6.07, 6.45) is -0.965. The van der Waals surface area contributed by atoms with Crippen molar-refractivity contribution in [1.82, 2.24) is 9.88 Å². The van der Waals surface area contributed by atoms with Gasteiger partial charge < -0.3 is 25.0 Å². The molecular weight excluding hydrogens is 515 g/mol. The Morgan fingerprint density at radius 3 is 2.33 bits per heavy atom. The van der Waals surface area contributed by atoms with E-state index in [9.17, 15) is 27.6 Å². The second-order valence-electron chi connectivity index (χ2n) is 9.58. The Balaban J connectivity index is 1.36. The normalized spacial score (nSPS) is 17.3. The number of nitrogens with zero attached hydrogens (tertiary/aromatic N) is 1. The summed E-state index contributed by atoms with van der Waals surface area (Å²) in [7, 11) is 1.64. The van der Waals surface area contributed by atoms with E-state index in [1.54, 1.807) is 37.5 Å². The summed E-state index contributed by atoms with van der Waals surface area (Å²) in [5, 5.41) is 14.5. The lowest BCUT2D eigenvalue weighted by Gasteiger charge is -2.25. The molecule has 8 nitrogen and oxygen atoms in total. The Morgan fingerprint density at radius 2 is 1.69 bits per heavy atom. The number of carbonyl (C=O) groups excluding carboxylic acids is 2. The minimum Gasteiger partial charge on any atom is -0.481 e. The van der Waals surface area contributed by atoms with Crippen molar-refractivity contribution in [3.05, 3.63) is 71.9 Å². The number of nitrogens with one attached hydrogen (secondary N) is 2. The largest absolute Gasteiger partial charge is 0.481 e. The van der Waals surface area contributed by atoms with E-state index in [1.807, 2.05) is 0 Å². The van der Waals surface area contributed by atoms with E-state index in [2.05, 4.69) is 10.6 Å². The molecular formula is C28H28F3N3O5. The summed E-state index contributed by atoms with van der Waals surface area (Å²) in [6, 6.07) is 12.6. The lowest BCUT2D eigenvalue weighted by molar-refractivity contribution is -0.143. The number of amides is 2. The predicted molar refractivity (Wildman–Crippen MR) is 137 cm³/mol. The first-order valence-corrected chi connectivity index (χ1v) is 12.4. The molecule has 1 saturated carbocycles. The van der Waals surface area contributed by atoms with Crippen LogP contribution in [0.1, 0.15) is 41.6 Å². The lowest BCUT2D eigenvalue weighted by atomic mass is 9.82. The van der Waals surface area contributed by atoms with Crippen molar-refractivity contribution in [3.63, 3.8) is 0 Å². The standard InChI is InChI=1S/C28H28F3N3O5/c1-34-16-21(14-24(34)39-27(38)32-15-17-6-8-19(9-7-17)26(36)37)33-25(35)23-5-3-2-4-22(23)18-10-12-20(13-11-18)28(29,30)31/h2-5,10-14,16-17,19H,6-9,15H2,1H3,(H,32,38)(H,33,35)(H,36,37). The lowest BCUT2D eigenvalue weighted by Crippen LogP contribution is -2.34. The van der Waals surface area contributed by atoms with Crippen LogP contribution in [0.5, 0.6) is 5.88 Å². The number of ether oxygens (including phenoxy) is 1. The average Bonchev–Trinajstić information content (AvgIpc) is 3.25. The Morgan fingerprint density at radius 1 is 1.03 bits per heavy atom. The van der Waals surface area contributed by atoms with Gasteiger partial charge >= 0.3 is 18.2 Å². The van der Waals surface area contributed by atoms with Gasteiger partial charge in [0.15, 0.2) is 0 Å². The third-order valence-corrected chi connectivity index (χ3v) is 6.84. The zero-order valence-electron chi connectivity index (χ0n) is 21.1. The molecule has 0 atom stereocenters. The summed E-state index contributed by atoms with van der Waals surface area (Å²) in [4.78, 5) is 36.5. The molecule has 0 aliphatic heterocycles. The number of benzene rings is 2. The number of aromatic nitrogens is 1. The SMILES string of the molecule is Cn1cc(NC(=O)c2ccccc2-c2ccc(C(F)(F)F)cc2)cc1OC(=O)NCC1CCC(C(=O)O)CC1. The Bertz CT molecular complexity index is 1340. The molecule has 3 N–H and O–H groups in total. The molecule has 1 aliphatic rings. The summed E-state index contributed by atoms with van der Waals surface area (Å²) >= 11 is 0. The van der Waals surface area contributed by atoms with Crippen LogP contribution in [-0.4, -0.2) is 34.2 Å². The second-order valence-corrected chi connectivity index (χ2v) is 9.58. The maximum atomic E-state index is 13.1. The maximum absolute atomic E-state index is 13.1. The number of halogens is 3. The number of anilines is 1. The molecule has 2 amide bonds. The fourth-order valence-electron chi connectivity index (χ4n) is 4.66. The topological polar surface area (TPSA) is 110 Å². The highest BCUT2D eigenvalue weighted by atomic mass is 19.4. The van der Waals surface area contributed by atoms with Crippen molar-refractivity contribution in [2.24, 2.45) is 18.9 Å². The third kappa shape index (κ3) is 6.98. The summed E-state index contributed by atoms with van der Waals surface area (Å²) in [6.45, 7) is 0.375. The van der Waals surface area contributed by atoms with Crippen LogP contribution in [0.2, 0.25) is 0 Å². The quantitative estimate of drug-likeness (QED) is 0.342. The van der Waals surface area contributed by atoms with Crippen LogP contribution in [0.25, 0.3) is 11.1 Å². The minimum atomic E-state index is -4.46. The van der Waals surface area contributed by atoms with Crippen LogP contribution >= 0.6 is 0 Å². The molecule has 0 unspecified atom stereocenters. The number of rotatable bonds is 7. The van der Waals surface area contributed by atoms with Gasteiger partial charge in [-0.15, -0.1) is 0 Å². The number of hydrogen-bond acceptors (Lipinski definition) is 4. The number of aliphatic carboxylic acids is 1. The fraction of sp³-hybridized carbons (Fsp3) is 0.321. The number of hydrogen-bond donors (Lipinski definition) is 3. The maximum Gasteiger partial charge on any atom is 0.416 e. The Hall–Kier alpha value is -4.28. The van der Waals surface area contributed by atoms with Crippen LogP contribution in [0.4, 0.5) is 23.7 Å². The van der Waals surface area contributed by atoms with Crippen molar-refractivity contribution < 1.29 is 37.4 Å². The number of alkyl halides is 3. The molecule has 1 heterocycles. The Kier molecular flexibility index (Phi) is 8.27.